The molecule has 1 saturated carbocycles. The lowest BCUT2D eigenvalue weighted by atomic mass is 9.82. The van der Waals surface area contributed by atoms with Crippen LogP contribution in [0.3, 0.4) is 0 Å². The molecule has 3 rings (SSSR count). The van der Waals surface area contributed by atoms with Gasteiger partial charge in [0.1, 0.15) is 5.82 Å². The van der Waals surface area contributed by atoms with Gasteiger partial charge in [-0.05, 0) is 48.9 Å². The molecule has 1 fully saturated rings. The van der Waals surface area contributed by atoms with Crippen molar-refractivity contribution in [3.05, 3.63) is 41.7 Å². The standard InChI is InChI=1S/C16H16FNO3/c1-8-6-11(4-5-12(8)17)18-15(19)13-9-2-3-10(7-9)14(13)16(20)21/h2-6,9-10,13-14H,7H2,1H3,(H,18,19)(H,20,21). The molecule has 0 aromatic heterocycles. The zero-order chi connectivity index (χ0) is 15.1. The summed E-state index contributed by atoms with van der Waals surface area (Å²) in [4.78, 5) is 23.8. The Hall–Kier alpha value is -2.17. The first-order valence-corrected chi connectivity index (χ1v) is 6.95. The highest BCUT2D eigenvalue weighted by molar-refractivity contribution is 5.96. The molecule has 2 bridgehead atoms. The number of carboxylic acids is 1. The number of rotatable bonds is 3. The van der Waals surface area contributed by atoms with E-state index in [-0.39, 0.29) is 23.6 Å². The number of aryl methyl sites for hydroxylation is 1. The van der Waals surface area contributed by atoms with Crippen molar-refractivity contribution in [2.45, 2.75) is 13.3 Å². The van der Waals surface area contributed by atoms with Crippen molar-refractivity contribution in [1.29, 1.82) is 0 Å². The number of anilines is 1. The van der Waals surface area contributed by atoms with Crippen LogP contribution in [0.4, 0.5) is 10.1 Å². The summed E-state index contributed by atoms with van der Waals surface area (Å²) in [7, 11) is 0. The second-order valence-corrected chi connectivity index (χ2v) is 5.79. The molecule has 2 aliphatic rings. The predicted molar refractivity (Wildman–Crippen MR) is 75.1 cm³/mol. The van der Waals surface area contributed by atoms with Crippen LogP contribution in [0.5, 0.6) is 0 Å². The topological polar surface area (TPSA) is 66.4 Å². The fourth-order valence-corrected chi connectivity index (χ4v) is 3.46. The Morgan fingerprint density at radius 3 is 2.52 bits per heavy atom. The number of allylic oxidation sites excluding steroid dienone is 2. The summed E-state index contributed by atoms with van der Waals surface area (Å²) in [6.45, 7) is 1.62. The van der Waals surface area contributed by atoms with Crippen LogP contribution >= 0.6 is 0 Å². The van der Waals surface area contributed by atoms with Crippen molar-refractivity contribution >= 4 is 17.6 Å². The second kappa shape index (κ2) is 4.98. The summed E-state index contributed by atoms with van der Waals surface area (Å²) in [6.07, 6.45) is 4.55. The number of halogens is 1. The number of aliphatic carboxylic acids is 1. The van der Waals surface area contributed by atoms with Gasteiger partial charge in [0.2, 0.25) is 5.91 Å². The van der Waals surface area contributed by atoms with Crippen LogP contribution in [0.25, 0.3) is 0 Å². The maximum Gasteiger partial charge on any atom is 0.307 e. The Bertz CT molecular complexity index is 640. The Balaban J connectivity index is 1.80. The summed E-state index contributed by atoms with van der Waals surface area (Å²) in [5, 5.41) is 12.1. The fourth-order valence-electron chi connectivity index (χ4n) is 3.46. The van der Waals surface area contributed by atoms with Crippen LogP contribution in [-0.4, -0.2) is 17.0 Å². The van der Waals surface area contributed by atoms with Crippen LogP contribution in [0, 0.1) is 36.4 Å². The van der Waals surface area contributed by atoms with Crippen molar-refractivity contribution in [1.82, 2.24) is 0 Å². The third kappa shape index (κ3) is 2.33. The molecule has 0 aliphatic heterocycles. The molecule has 1 aromatic carbocycles. The number of hydrogen-bond acceptors (Lipinski definition) is 2. The molecule has 0 heterocycles. The number of amides is 1. The van der Waals surface area contributed by atoms with Gasteiger partial charge in [-0.25, -0.2) is 4.39 Å². The van der Waals surface area contributed by atoms with E-state index in [1.165, 1.54) is 12.1 Å². The number of carbonyl (C=O) groups is 2. The number of nitrogens with one attached hydrogen (secondary N) is 1. The van der Waals surface area contributed by atoms with Crippen molar-refractivity contribution < 1.29 is 19.1 Å². The maximum absolute atomic E-state index is 13.2. The van der Waals surface area contributed by atoms with E-state index in [1.807, 2.05) is 12.2 Å². The molecule has 0 spiro atoms. The first-order chi connectivity index (χ1) is 9.97. The summed E-state index contributed by atoms with van der Waals surface area (Å²) in [5.41, 5.74) is 0.935. The summed E-state index contributed by atoms with van der Waals surface area (Å²) in [6, 6.07) is 4.32. The van der Waals surface area contributed by atoms with Crippen LogP contribution in [0.2, 0.25) is 0 Å². The summed E-state index contributed by atoms with van der Waals surface area (Å²) >= 11 is 0. The fraction of sp³-hybridized carbons (Fsp3) is 0.375. The lowest BCUT2D eigenvalue weighted by molar-refractivity contribution is -0.146. The SMILES string of the molecule is Cc1cc(NC(=O)C2C3C=CC(C3)C2C(=O)O)ccc1F. The second-order valence-electron chi connectivity index (χ2n) is 5.79. The minimum atomic E-state index is -0.928. The molecular weight excluding hydrogens is 273 g/mol. The van der Waals surface area contributed by atoms with Gasteiger partial charge in [-0.3, -0.25) is 9.59 Å². The lowest BCUT2D eigenvalue weighted by Crippen LogP contribution is -2.36. The highest BCUT2D eigenvalue weighted by Crippen LogP contribution is 2.48. The Labute approximate surface area is 121 Å². The van der Waals surface area contributed by atoms with E-state index >= 15 is 0 Å². The highest BCUT2D eigenvalue weighted by atomic mass is 19.1. The van der Waals surface area contributed by atoms with Crippen LogP contribution in [0.15, 0.2) is 30.4 Å². The highest BCUT2D eigenvalue weighted by Gasteiger charge is 2.51. The Kier molecular flexibility index (Phi) is 3.27. The maximum atomic E-state index is 13.2. The molecule has 110 valence electrons. The molecule has 1 amide bonds. The van der Waals surface area contributed by atoms with Gasteiger partial charge < -0.3 is 10.4 Å². The zero-order valence-electron chi connectivity index (χ0n) is 11.5. The molecule has 4 unspecified atom stereocenters. The number of fused-ring (bicyclic) bond motifs is 2. The number of hydrogen-bond donors (Lipinski definition) is 2. The van der Waals surface area contributed by atoms with E-state index in [9.17, 15) is 19.1 Å². The Morgan fingerprint density at radius 1 is 1.24 bits per heavy atom. The number of carbonyl (C=O) groups excluding carboxylic acids is 1. The molecule has 0 saturated heterocycles. The third-order valence-corrected chi connectivity index (χ3v) is 4.47. The van der Waals surface area contributed by atoms with Crippen molar-refractivity contribution in [2.24, 2.45) is 23.7 Å². The van der Waals surface area contributed by atoms with E-state index in [0.29, 0.717) is 11.3 Å². The van der Waals surface area contributed by atoms with Gasteiger partial charge in [-0.2, -0.15) is 0 Å². The van der Waals surface area contributed by atoms with E-state index in [1.54, 1.807) is 13.0 Å². The smallest absolute Gasteiger partial charge is 0.307 e. The van der Waals surface area contributed by atoms with E-state index in [0.717, 1.165) is 6.42 Å². The average Bonchev–Trinajstić information content (AvgIpc) is 3.03. The van der Waals surface area contributed by atoms with Crippen molar-refractivity contribution in [2.75, 3.05) is 5.32 Å². The largest absolute Gasteiger partial charge is 0.481 e. The van der Waals surface area contributed by atoms with Crippen LogP contribution in [-0.2, 0) is 9.59 Å². The molecular formula is C16H16FNO3. The van der Waals surface area contributed by atoms with E-state index in [2.05, 4.69) is 5.32 Å². The lowest BCUT2D eigenvalue weighted by Gasteiger charge is -2.23. The molecule has 0 radical (unpaired) electrons. The predicted octanol–water partition coefficient (Wildman–Crippen LogP) is 2.60. The summed E-state index contributed by atoms with van der Waals surface area (Å²) in [5.74, 6) is -2.85. The molecule has 21 heavy (non-hydrogen) atoms. The monoisotopic (exact) mass is 289 g/mol. The van der Waals surface area contributed by atoms with Crippen LogP contribution < -0.4 is 5.32 Å². The Morgan fingerprint density at radius 2 is 1.90 bits per heavy atom. The first-order valence-electron chi connectivity index (χ1n) is 6.95. The van der Waals surface area contributed by atoms with Crippen molar-refractivity contribution in [3.63, 3.8) is 0 Å². The number of benzene rings is 1. The summed E-state index contributed by atoms with van der Waals surface area (Å²) < 4.78 is 13.2. The van der Waals surface area contributed by atoms with Crippen molar-refractivity contribution in [3.8, 4) is 0 Å². The van der Waals surface area contributed by atoms with Gasteiger partial charge >= 0.3 is 5.97 Å². The van der Waals surface area contributed by atoms with Gasteiger partial charge in [-0.1, -0.05) is 12.2 Å². The van der Waals surface area contributed by atoms with Gasteiger partial charge in [-0.15, -0.1) is 0 Å². The zero-order valence-corrected chi connectivity index (χ0v) is 11.5. The van der Waals surface area contributed by atoms with Gasteiger partial charge in [0.25, 0.3) is 0 Å². The molecule has 2 N–H and O–H groups in total. The number of carboxylic acid groups (broad SMARTS) is 1. The third-order valence-electron chi connectivity index (χ3n) is 4.47. The van der Waals surface area contributed by atoms with E-state index in [4.69, 9.17) is 0 Å². The normalized spacial score (nSPS) is 29.6. The molecule has 5 heteroatoms. The minimum absolute atomic E-state index is 0.0161. The van der Waals surface area contributed by atoms with Crippen LogP contribution in [0.1, 0.15) is 12.0 Å². The molecule has 4 atom stereocenters. The molecule has 2 aliphatic carbocycles. The van der Waals surface area contributed by atoms with E-state index < -0.39 is 17.8 Å². The van der Waals surface area contributed by atoms with Gasteiger partial charge in [0, 0.05) is 5.69 Å². The van der Waals surface area contributed by atoms with Gasteiger partial charge in [0.05, 0.1) is 11.8 Å². The first kappa shape index (κ1) is 13.8. The quantitative estimate of drug-likeness (QED) is 0.841. The average molecular weight is 289 g/mol. The molecule has 1 aromatic rings. The minimum Gasteiger partial charge on any atom is -0.481 e. The van der Waals surface area contributed by atoms with Gasteiger partial charge in [0.15, 0.2) is 0 Å². The molecule has 4 nitrogen and oxygen atoms in total.